The zero-order chi connectivity index (χ0) is 16.4. The molecular formula is C21H31NO. The van der Waals surface area contributed by atoms with Crippen LogP contribution >= 0.6 is 0 Å². The number of nitrogens with one attached hydrogen (secondary N) is 1. The van der Waals surface area contributed by atoms with E-state index < -0.39 is 0 Å². The number of carbonyl (C=O) groups excluding carboxylic acids is 1. The maximum Gasteiger partial charge on any atom is 0.224 e. The van der Waals surface area contributed by atoms with Crippen molar-refractivity contribution in [3.63, 3.8) is 0 Å². The van der Waals surface area contributed by atoms with Crippen LogP contribution < -0.4 is 5.32 Å². The SMILES string of the molecule is Cc1cc(C2CC2)cc(C)c1CC(=O)NCC1(C)CCCCC1. The topological polar surface area (TPSA) is 29.1 Å². The molecule has 0 unspecified atom stereocenters. The van der Waals surface area contributed by atoms with Crippen molar-refractivity contribution in [3.05, 3.63) is 34.4 Å². The van der Waals surface area contributed by atoms with E-state index in [4.69, 9.17) is 0 Å². The van der Waals surface area contributed by atoms with Crippen LogP contribution in [-0.4, -0.2) is 12.5 Å². The average Bonchev–Trinajstić information content (AvgIpc) is 3.34. The van der Waals surface area contributed by atoms with Gasteiger partial charge < -0.3 is 5.32 Å². The van der Waals surface area contributed by atoms with E-state index in [1.165, 1.54) is 67.2 Å². The van der Waals surface area contributed by atoms with Crippen molar-refractivity contribution >= 4 is 5.91 Å². The Morgan fingerprint density at radius 3 is 2.30 bits per heavy atom. The van der Waals surface area contributed by atoms with Gasteiger partial charge in [-0.2, -0.15) is 0 Å². The quantitative estimate of drug-likeness (QED) is 0.830. The van der Waals surface area contributed by atoms with Crippen molar-refractivity contribution in [1.82, 2.24) is 5.32 Å². The minimum Gasteiger partial charge on any atom is -0.355 e. The van der Waals surface area contributed by atoms with Gasteiger partial charge in [-0.3, -0.25) is 4.79 Å². The van der Waals surface area contributed by atoms with Gasteiger partial charge >= 0.3 is 0 Å². The van der Waals surface area contributed by atoms with Crippen LogP contribution in [0, 0.1) is 19.3 Å². The Kier molecular flexibility index (Phi) is 4.79. The molecule has 2 aliphatic rings. The van der Waals surface area contributed by atoms with Crippen LogP contribution in [0.2, 0.25) is 0 Å². The van der Waals surface area contributed by atoms with Crippen LogP contribution in [0.1, 0.15) is 80.0 Å². The molecule has 0 bridgehead atoms. The molecule has 126 valence electrons. The lowest BCUT2D eigenvalue weighted by Crippen LogP contribution is -2.37. The molecule has 1 N–H and O–H groups in total. The lowest BCUT2D eigenvalue weighted by Gasteiger charge is -2.33. The molecule has 2 heteroatoms. The molecule has 0 spiro atoms. The Morgan fingerprint density at radius 1 is 1.13 bits per heavy atom. The van der Waals surface area contributed by atoms with Crippen molar-refractivity contribution < 1.29 is 4.79 Å². The molecule has 1 amide bonds. The molecule has 0 radical (unpaired) electrons. The summed E-state index contributed by atoms with van der Waals surface area (Å²) in [5.41, 5.74) is 5.57. The normalized spacial score (nSPS) is 20.3. The third-order valence-electron chi connectivity index (χ3n) is 5.88. The van der Waals surface area contributed by atoms with Crippen molar-refractivity contribution in [2.45, 2.75) is 78.1 Å². The van der Waals surface area contributed by atoms with Gasteiger partial charge in [-0.25, -0.2) is 0 Å². The number of carbonyl (C=O) groups is 1. The van der Waals surface area contributed by atoms with Crippen LogP contribution in [0.4, 0.5) is 0 Å². The standard InChI is InChI=1S/C21H31NO/c1-15-11-18(17-7-8-17)12-16(2)19(15)13-20(23)22-14-21(3)9-5-4-6-10-21/h11-12,17H,4-10,13-14H2,1-3H3,(H,22,23). The monoisotopic (exact) mass is 313 g/mol. The van der Waals surface area contributed by atoms with Gasteiger partial charge in [-0.05, 0) is 73.1 Å². The number of rotatable bonds is 5. The summed E-state index contributed by atoms with van der Waals surface area (Å²) in [6, 6.07) is 4.60. The Morgan fingerprint density at radius 2 is 1.74 bits per heavy atom. The van der Waals surface area contributed by atoms with Crippen LogP contribution in [-0.2, 0) is 11.2 Å². The fraction of sp³-hybridized carbons (Fsp3) is 0.667. The molecule has 2 saturated carbocycles. The summed E-state index contributed by atoms with van der Waals surface area (Å²) < 4.78 is 0. The van der Waals surface area contributed by atoms with Crippen LogP contribution in [0.15, 0.2) is 12.1 Å². The van der Waals surface area contributed by atoms with Crippen LogP contribution in [0.5, 0.6) is 0 Å². The Bertz CT molecular complexity index is 556. The largest absolute Gasteiger partial charge is 0.355 e. The molecule has 1 aromatic rings. The first-order valence-corrected chi connectivity index (χ1v) is 9.34. The fourth-order valence-corrected chi connectivity index (χ4v) is 4.08. The Balaban J connectivity index is 1.59. The number of amides is 1. The van der Waals surface area contributed by atoms with E-state index in [1.807, 2.05) is 0 Å². The van der Waals surface area contributed by atoms with Crippen molar-refractivity contribution in [1.29, 1.82) is 0 Å². The van der Waals surface area contributed by atoms with E-state index in [0.717, 1.165) is 12.5 Å². The first-order valence-electron chi connectivity index (χ1n) is 9.34. The molecule has 23 heavy (non-hydrogen) atoms. The van der Waals surface area contributed by atoms with E-state index >= 15 is 0 Å². The molecule has 2 aliphatic carbocycles. The highest BCUT2D eigenvalue weighted by atomic mass is 16.1. The van der Waals surface area contributed by atoms with Gasteiger partial charge in [-0.1, -0.05) is 38.3 Å². The fourth-order valence-electron chi connectivity index (χ4n) is 4.08. The number of hydrogen-bond donors (Lipinski definition) is 1. The molecular weight excluding hydrogens is 282 g/mol. The maximum absolute atomic E-state index is 12.4. The van der Waals surface area contributed by atoms with Gasteiger partial charge in [0.25, 0.3) is 0 Å². The van der Waals surface area contributed by atoms with Gasteiger partial charge in [-0.15, -0.1) is 0 Å². The summed E-state index contributed by atoms with van der Waals surface area (Å²) in [4.78, 5) is 12.4. The molecule has 0 aromatic heterocycles. The molecule has 0 heterocycles. The third kappa shape index (κ3) is 4.16. The van der Waals surface area contributed by atoms with Crippen molar-refractivity contribution in [2.75, 3.05) is 6.54 Å². The van der Waals surface area contributed by atoms with Crippen molar-refractivity contribution in [3.8, 4) is 0 Å². The van der Waals surface area contributed by atoms with Gasteiger partial charge in [0.05, 0.1) is 6.42 Å². The summed E-state index contributed by atoms with van der Waals surface area (Å²) >= 11 is 0. The second-order valence-electron chi connectivity index (χ2n) is 8.23. The number of aryl methyl sites for hydroxylation is 2. The average molecular weight is 313 g/mol. The zero-order valence-electron chi connectivity index (χ0n) is 15.0. The van der Waals surface area contributed by atoms with Gasteiger partial charge in [0.2, 0.25) is 5.91 Å². The van der Waals surface area contributed by atoms with Crippen LogP contribution in [0.3, 0.4) is 0 Å². The molecule has 3 rings (SSSR count). The third-order valence-corrected chi connectivity index (χ3v) is 5.88. The smallest absolute Gasteiger partial charge is 0.224 e. The number of benzene rings is 1. The van der Waals surface area contributed by atoms with Gasteiger partial charge in [0.15, 0.2) is 0 Å². The Labute approximate surface area is 141 Å². The number of hydrogen-bond acceptors (Lipinski definition) is 1. The molecule has 0 saturated heterocycles. The van der Waals surface area contributed by atoms with E-state index in [2.05, 4.69) is 38.2 Å². The van der Waals surface area contributed by atoms with Gasteiger partial charge in [0.1, 0.15) is 0 Å². The highest BCUT2D eigenvalue weighted by molar-refractivity contribution is 5.79. The first-order chi connectivity index (χ1) is 11.0. The highest BCUT2D eigenvalue weighted by Crippen LogP contribution is 2.41. The summed E-state index contributed by atoms with van der Waals surface area (Å²) in [6.07, 6.45) is 9.67. The van der Waals surface area contributed by atoms with E-state index in [-0.39, 0.29) is 5.91 Å². The first kappa shape index (κ1) is 16.5. The molecule has 2 nitrogen and oxygen atoms in total. The molecule has 1 aromatic carbocycles. The second kappa shape index (κ2) is 6.67. The van der Waals surface area contributed by atoms with E-state index in [9.17, 15) is 4.79 Å². The predicted octanol–water partition coefficient (Wildman–Crippen LogP) is 4.81. The Hall–Kier alpha value is -1.31. The summed E-state index contributed by atoms with van der Waals surface area (Å²) in [6.45, 7) is 7.48. The summed E-state index contributed by atoms with van der Waals surface area (Å²) in [5.74, 6) is 0.962. The minimum atomic E-state index is 0.183. The molecule has 2 fully saturated rings. The van der Waals surface area contributed by atoms with E-state index in [0.29, 0.717) is 11.8 Å². The van der Waals surface area contributed by atoms with Crippen molar-refractivity contribution in [2.24, 2.45) is 5.41 Å². The summed E-state index contributed by atoms with van der Waals surface area (Å²) in [7, 11) is 0. The summed E-state index contributed by atoms with van der Waals surface area (Å²) in [5, 5.41) is 3.21. The highest BCUT2D eigenvalue weighted by Gasteiger charge is 2.27. The molecule has 0 aliphatic heterocycles. The lowest BCUT2D eigenvalue weighted by molar-refractivity contribution is -0.121. The van der Waals surface area contributed by atoms with Gasteiger partial charge in [0, 0.05) is 6.54 Å². The lowest BCUT2D eigenvalue weighted by atomic mass is 9.76. The predicted molar refractivity (Wildman–Crippen MR) is 95.8 cm³/mol. The zero-order valence-corrected chi connectivity index (χ0v) is 15.0. The van der Waals surface area contributed by atoms with E-state index in [1.54, 1.807) is 0 Å². The second-order valence-corrected chi connectivity index (χ2v) is 8.23. The molecule has 0 atom stereocenters. The minimum absolute atomic E-state index is 0.183. The van der Waals surface area contributed by atoms with Crippen LogP contribution in [0.25, 0.3) is 0 Å². The maximum atomic E-state index is 12.4.